The standard InChI is InChI=1S/C18H19N3O2S2/c1-4-14(23-13-8-7-11(2)12(3)10-13)16(22)19-18-21-20-17(25-18)15-6-5-9-24-15/h5-10,14H,4H2,1-3H3,(H,19,21,22). The zero-order chi connectivity index (χ0) is 17.8. The Balaban J connectivity index is 1.67. The summed E-state index contributed by atoms with van der Waals surface area (Å²) in [4.78, 5) is 13.5. The van der Waals surface area contributed by atoms with Gasteiger partial charge in [0.2, 0.25) is 5.13 Å². The lowest BCUT2D eigenvalue weighted by Gasteiger charge is -2.17. The Kier molecular flexibility index (Phi) is 5.45. The Morgan fingerprint density at radius 3 is 2.76 bits per heavy atom. The Labute approximate surface area is 154 Å². The molecule has 0 bridgehead atoms. The normalized spacial score (nSPS) is 12.0. The van der Waals surface area contributed by atoms with E-state index in [2.05, 4.69) is 15.5 Å². The number of amides is 1. The smallest absolute Gasteiger partial charge is 0.267 e. The number of nitrogens with zero attached hydrogens (tertiary/aromatic N) is 2. The molecule has 5 nitrogen and oxygen atoms in total. The van der Waals surface area contributed by atoms with Gasteiger partial charge in [0.1, 0.15) is 5.75 Å². The number of ether oxygens (including phenoxy) is 1. The fourth-order valence-electron chi connectivity index (χ4n) is 2.23. The van der Waals surface area contributed by atoms with Crippen molar-refractivity contribution in [2.75, 3.05) is 5.32 Å². The van der Waals surface area contributed by atoms with Crippen molar-refractivity contribution in [2.45, 2.75) is 33.3 Å². The monoisotopic (exact) mass is 373 g/mol. The maximum absolute atomic E-state index is 12.5. The van der Waals surface area contributed by atoms with Crippen molar-refractivity contribution in [1.29, 1.82) is 0 Å². The third-order valence-corrected chi connectivity index (χ3v) is 5.68. The van der Waals surface area contributed by atoms with Crippen molar-refractivity contribution in [2.24, 2.45) is 0 Å². The molecule has 0 spiro atoms. The molecule has 0 fully saturated rings. The molecule has 2 aromatic heterocycles. The quantitative estimate of drug-likeness (QED) is 0.681. The summed E-state index contributed by atoms with van der Waals surface area (Å²) in [5.74, 6) is 0.483. The average Bonchev–Trinajstić information content (AvgIpc) is 3.27. The predicted octanol–water partition coefficient (Wildman–Crippen LogP) is 4.68. The zero-order valence-electron chi connectivity index (χ0n) is 14.3. The third-order valence-electron chi connectivity index (χ3n) is 3.81. The van der Waals surface area contributed by atoms with E-state index in [4.69, 9.17) is 4.74 Å². The molecule has 25 heavy (non-hydrogen) atoms. The average molecular weight is 374 g/mol. The molecule has 0 saturated heterocycles. The summed E-state index contributed by atoms with van der Waals surface area (Å²) in [6.45, 7) is 5.99. The number of anilines is 1. The van der Waals surface area contributed by atoms with Gasteiger partial charge in [0.15, 0.2) is 11.1 Å². The molecule has 0 radical (unpaired) electrons. The van der Waals surface area contributed by atoms with E-state index >= 15 is 0 Å². The number of hydrogen-bond acceptors (Lipinski definition) is 6. The van der Waals surface area contributed by atoms with Crippen LogP contribution in [-0.4, -0.2) is 22.2 Å². The molecule has 3 rings (SSSR count). The van der Waals surface area contributed by atoms with Gasteiger partial charge in [-0.3, -0.25) is 10.1 Å². The number of thiophene rings is 1. The summed E-state index contributed by atoms with van der Waals surface area (Å²) in [6, 6.07) is 9.77. The summed E-state index contributed by atoms with van der Waals surface area (Å²) in [5, 5.41) is 14.2. The number of aryl methyl sites for hydroxylation is 2. The van der Waals surface area contributed by atoms with Crippen LogP contribution in [0.3, 0.4) is 0 Å². The first kappa shape index (κ1) is 17.6. The van der Waals surface area contributed by atoms with E-state index in [0.717, 1.165) is 15.4 Å². The minimum Gasteiger partial charge on any atom is -0.481 e. The summed E-state index contributed by atoms with van der Waals surface area (Å²) < 4.78 is 5.86. The molecule has 1 N–H and O–H groups in total. The second-order valence-corrected chi connectivity index (χ2v) is 7.56. The molecule has 2 heterocycles. The van der Waals surface area contributed by atoms with Gasteiger partial charge in [0, 0.05) is 0 Å². The molecule has 0 saturated carbocycles. The van der Waals surface area contributed by atoms with Gasteiger partial charge in [-0.05, 0) is 55.0 Å². The molecule has 1 unspecified atom stereocenters. The van der Waals surface area contributed by atoms with Gasteiger partial charge >= 0.3 is 0 Å². The van der Waals surface area contributed by atoms with Crippen molar-refractivity contribution >= 4 is 33.7 Å². The minimum atomic E-state index is -0.573. The third kappa shape index (κ3) is 4.24. The van der Waals surface area contributed by atoms with Gasteiger partial charge in [-0.1, -0.05) is 30.4 Å². The van der Waals surface area contributed by atoms with Crippen molar-refractivity contribution < 1.29 is 9.53 Å². The Hall–Kier alpha value is -2.25. The van der Waals surface area contributed by atoms with Crippen molar-refractivity contribution in [3.63, 3.8) is 0 Å². The van der Waals surface area contributed by atoms with Crippen LogP contribution in [0.15, 0.2) is 35.7 Å². The fraction of sp³-hybridized carbons (Fsp3) is 0.278. The SMILES string of the molecule is CCC(Oc1ccc(C)c(C)c1)C(=O)Nc1nnc(-c2cccs2)s1. The summed E-state index contributed by atoms with van der Waals surface area (Å²) >= 11 is 2.95. The number of carbonyl (C=O) groups excluding carboxylic acids is 1. The highest BCUT2D eigenvalue weighted by Crippen LogP contribution is 2.30. The number of benzene rings is 1. The van der Waals surface area contributed by atoms with E-state index < -0.39 is 6.10 Å². The van der Waals surface area contributed by atoms with Crippen molar-refractivity contribution in [3.8, 4) is 15.6 Å². The number of nitrogens with one attached hydrogen (secondary N) is 1. The minimum absolute atomic E-state index is 0.213. The summed E-state index contributed by atoms with van der Waals surface area (Å²) in [5.41, 5.74) is 2.33. The summed E-state index contributed by atoms with van der Waals surface area (Å²) in [7, 11) is 0. The fourth-order valence-corrected chi connectivity index (χ4v) is 3.77. The Bertz CT molecular complexity index is 859. The first-order valence-corrected chi connectivity index (χ1v) is 9.68. The first-order chi connectivity index (χ1) is 12.1. The van der Waals surface area contributed by atoms with Gasteiger partial charge in [-0.25, -0.2) is 0 Å². The number of carbonyl (C=O) groups is 1. The van der Waals surface area contributed by atoms with Crippen LogP contribution in [0.5, 0.6) is 5.75 Å². The number of hydrogen-bond donors (Lipinski definition) is 1. The Morgan fingerprint density at radius 2 is 2.08 bits per heavy atom. The first-order valence-electron chi connectivity index (χ1n) is 7.99. The molecule has 3 aromatic rings. The van der Waals surface area contributed by atoms with E-state index in [1.165, 1.54) is 16.9 Å². The molecule has 1 aromatic carbocycles. The lowest BCUT2D eigenvalue weighted by molar-refractivity contribution is -0.122. The van der Waals surface area contributed by atoms with E-state index in [9.17, 15) is 4.79 Å². The largest absolute Gasteiger partial charge is 0.481 e. The number of aromatic nitrogens is 2. The maximum Gasteiger partial charge on any atom is 0.267 e. The van der Waals surface area contributed by atoms with Gasteiger partial charge in [0.05, 0.1) is 4.88 Å². The highest BCUT2D eigenvalue weighted by molar-refractivity contribution is 7.23. The molecule has 7 heteroatoms. The van der Waals surface area contributed by atoms with E-state index in [1.807, 2.05) is 56.5 Å². The van der Waals surface area contributed by atoms with Crippen LogP contribution in [0.4, 0.5) is 5.13 Å². The zero-order valence-corrected chi connectivity index (χ0v) is 15.9. The molecule has 0 aliphatic rings. The second-order valence-electron chi connectivity index (χ2n) is 5.64. The highest BCUT2D eigenvalue weighted by Gasteiger charge is 2.20. The van der Waals surface area contributed by atoms with Crippen LogP contribution in [0, 0.1) is 13.8 Å². The van der Waals surface area contributed by atoms with E-state index in [1.54, 1.807) is 11.3 Å². The highest BCUT2D eigenvalue weighted by atomic mass is 32.1. The number of rotatable bonds is 6. The van der Waals surface area contributed by atoms with Crippen LogP contribution in [0.25, 0.3) is 9.88 Å². The van der Waals surface area contributed by atoms with Crippen molar-refractivity contribution in [1.82, 2.24) is 10.2 Å². The van der Waals surface area contributed by atoms with E-state index in [0.29, 0.717) is 17.3 Å². The van der Waals surface area contributed by atoms with Gasteiger partial charge in [-0.2, -0.15) is 0 Å². The van der Waals surface area contributed by atoms with Gasteiger partial charge in [0.25, 0.3) is 5.91 Å². The molecule has 0 aliphatic heterocycles. The topological polar surface area (TPSA) is 64.1 Å². The lowest BCUT2D eigenvalue weighted by atomic mass is 10.1. The lowest BCUT2D eigenvalue weighted by Crippen LogP contribution is -2.32. The van der Waals surface area contributed by atoms with Gasteiger partial charge in [-0.15, -0.1) is 21.5 Å². The molecule has 130 valence electrons. The van der Waals surface area contributed by atoms with Crippen LogP contribution in [-0.2, 0) is 4.79 Å². The molecule has 1 amide bonds. The molecular formula is C18H19N3O2S2. The maximum atomic E-state index is 12.5. The molecule has 0 aliphatic carbocycles. The Morgan fingerprint density at radius 1 is 1.24 bits per heavy atom. The predicted molar refractivity (Wildman–Crippen MR) is 102 cm³/mol. The van der Waals surface area contributed by atoms with Crippen LogP contribution >= 0.6 is 22.7 Å². The van der Waals surface area contributed by atoms with Gasteiger partial charge < -0.3 is 4.74 Å². The molecular weight excluding hydrogens is 354 g/mol. The molecule has 1 atom stereocenters. The van der Waals surface area contributed by atoms with E-state index in [-0.39, 0.29) is 5.91 Å². The van der Waals surface area contributed by atoms with Crippen LogP contribution in [0.1, 0.15) is 24.5 Å². The van der Waals surface area contributed by atoms with Crippen LogP contribution < -0.4 is 10.1 Å². The van der Waals surface area contributed by atoms with Crippen molar-refractivity contribution in [3.05, 3.63) is 46.8 Å². The second kappa shape index (κ2) is 7.76. The summed E-state index contributed by atoms with van der Waals surface area (Å²) in [6.07, 6.45) is -0.00814. The van der Waals surface area contributed by atoms with Crippen LogP contribution in [0.2, 0.25) is 0 Å².